The summed E-state index contributed by atoms with van der Waals surface area (Å²) in [6, 6.07) is 4.79. The maximum absolute atomic E-state index is 11.4. The maximum Gasteiger partial charge on any atom is 1.00 e. The summed E-state index contributed by atoms with van der Waals surface area (Å²) < 4.78 is 34.2. The minimum atomic E-state index is -4.46. The van der Waals surface area contributed by atoms with Gasteiger partial charge in [-0.1, -0.05) is 122 Å². The second kappa shape index (κ2) is 19.5. The number of para-hydroxylation sites is 1. The summed E-state index contributed by atoms with van der Waals surface area (Å²) in [6.07, 6.45) is 25.5. The van der Waals surface area contributed by atoms with Crippen LogP contribution in [-0.2, 0) is 10.1 Å². The minimum Gasteiger partial charge on any atom is -0.744 e. The first-order valence-electron chi connectivity index (χ1n) is 13.6. The molecule has 7 heteroatoms. The van der Waals surface area contributed by atoms with Crippen LogP contribution in [0.3, 0.4) is 0 Å². The van der Waals surface area contributed by atoms with Crippen molar-refractivity contribution in [2.24, 2.45) is 0 Å². The Labute approximate surface area is 252 Å². The molecule has 1 heterocycles. The number of benzene rings is 1. The molecule has 0 aliphatic carbocycles. The molecule has 2 N–H and O–H groups in total. The SMILES string of the molecule is CCCCCCCCCCCCCCCCCCCCC1Nc2cccc(S(=O)(=O)[O-])c2N1.[K+]. The first-order chi connectivity index (χ1) is 16.0. The van der Waals surface area contributed by atoms with Crippen LogP contribution in [-0.4, -0.2) is 19.1 Å². The number of anilines is 2. The van der Waals surface area contributed by atoms with E-state index in [1.54, 1.807) is 6.07 Å². The molecule has 0 bridgehead atoms. The zero-order valence-corrected chi connectivity index (χ0v) is 25.8. The Morgan fingerprint density at radius 1 is 0.706 bits per heavy atom. The van der Waals surface area contributed by atoms with Crippen LogP contribution in [0.2, 0.25) is 0 Å². The molecule has 5 nitrogen and oxygen atoms in total. The molecule has 1 aromatic rings. The average molecular weight is 519 g/mol. The largest absolute Gasteiger partial charge is 1.00 e. The summed E-state index contributed by atoms with van der Waals surface area (Å²) >= 11 is 0. The van der Waals surface area contributed by atoms with Crippen LogP contribution < -0.4 is 62.0 Å². The van der Waals surface area contributed by atoms with E-state index in [0.717, 1.165) is 12.8 Å². The van der Waals surface area contributed by atoms with Crippen LogP contribution in [0.4, 0.5) is 11.4 Å². The van der Waals surface area contributed by atoms with E-state index in [-0.39, 0.29) is 62.4 Å². The summed E-state index contributed by atoms with van der Waals surface area (Å²) in [7, 11) is -4.46. The number of nitrogens with one attached hydrogen (secondary N) is 2. The molecular formula is C27H47KN2O3S. The molecule has 1 aliphatic heterocycles. The fraction of sp³-hybridized carbons (Fsp3) is 0.778. The molecule has 34 heavy (non-hydrogen) atoms. The van der Waals surface area contributed by atoms with E-state index >= 15 is 0 Å². The molecule has 0 fully saturated rings. The monoisotopic (exact) mass is 518 g/mol. The van der Waals surface area contributed by atoms with Crippen LogP contribution in [0, 0.1) is 0 Å². The molecule has 1 unspecified atom stereocenters. The van der Waals surface area contributed by atoms with E-state index < -0.39 is 10.1 Å². The smallest absolute Gasteiger partial charge is 0.744 e. The van der Waals surface area contributed by atoms with E-state index in [4.69, 9.17) is 0 Å². The van der Waals surface area contributed by atoms with Crippen LogP contribution in [0.1, 0.15) is 129 Å². The molecule has 190 valence electrons. The van der Waals surface area contributed by atoms with Crippen LogP contribution in [0.5, 0.6) is 0 Å². The van der Waals surface area contributed by atoms with Crippen molar-refractivity contribution in [2.75, 3.05) is 10.6 Å². The molecule has 0 spiro atoms. The van der Waals surface area contributed by atoms with E-state index in [2.05, 4.69) is 17.6 Å². The minimum absolute atomic E-state index is 0. The van der Waals surface area contributed by atoms with Crippen molar-refractivity contribution in [3.05, 3.63) is 18.2 Å². The van der Waals surface area contributed by atoms with Gasteiger partial charge in [-0.3, -0.25) is 0 Å². The average Bonchev–Trinajstić information content (AvgIpc) is 3.20. The number of fused-ring (bicyclic) bond motifs is 1. The predicted octanol–water partition coefficient (Wildman–Crippen LogP) is 5.19. The third kappa shape index (κ3) is 13.6. The van der Waals surface area contributed by atoms with E-state index in [9.17, 15) is 13.0 Å². The summed E-state index contributed by atoms with van der Waals surface area (Å²) in [6.45, 7) is 2.28. The Hall–Kier alpha value is 0.366. The molecule has 2 rings (SSSR count). The van der Waals surface area contributed by atoms with Gasteiger partial charge in [-0.25, -0.2) is 8.42 Å². The van der Waals surface area contributed by atoms with Crippen LogP contribution in [0.15, 0.2) is 23.1 Å². The predicted molar refractivity (Wildman–Crippen MR) is 139 cm³/mol. The van der Waals surface area contributed by atoms with Crippen molar-refractivity contribution in [2.45, 2.75) is 140 Å². The molecular weight excluding hydrogens is 471 g/mol. The van der Waals surface area contributed by atoms with Gasteiger partial charge in [0.05, 0.1) is 22.4 Å². The van der Waals surface area contributed by atoms with Crippen molar-refractivity contribution in [1.29, 1.82) is 0 Å². The Bertz CT molecular complexity index is 758. The second-order valence-electron chi connectivity index (χ2n) is 9.77. The molecule has 1 aliphatic rings. The van der Waals surface area contributed by atoms with Gasteiger partial charge in [0.1, 0.15) is 10.1 Å². The third-order valence-electron chi connectivity index (χ3n) is 6.79. The van der Waals surface area contributed by atoms with Gasteiger partial charge in [-0.05, 0) is 25.0 Å². The first kappa shape index (κ1) is 32.4. The van der Waals surface area contributed by atoms with Gasteiger partial charge in [0.25, 0.3) is 0 Å². The van der Waals surface area contributed by atoms with Gasteiger partial charge in [-0.15, -0.1) is 0 Å². The van der Waals surface area contributed by atoms with Gasteiger partial charge >= 0.3 is 51.4 Å². The molecule has 0 amide bonds. The van der Waals surface area contributed by atoms with E-state index in [0.29, 0.717) is 11.4 Å². The first-order valence-corrected chi connectivity index (χ1v) is 15.0. The van der Waals surface area contributed by atoms with Crippen molar-refractivity contribution in [3.8, 4) is 0 Å². The number of hydrogen-bond acceptors (Lipinski definition) is 5. The standard InChI is InChI=1S/C27H48N2O3S.K/c1-2-3-4-5-6-7-8-9-10-11-12-13-14-15-16-17-18-19-23-26-28-24-21-20-22-25(27(24)29-26)33(30,31)32;/h20-22,26,28-29H,2-19,23H2,1H3,(H,30,31,32);/q;+1/p-1. The summed E-state index contributed by atoms with van der Waals surface area (Å²) in [5.41, 5.74) is 1.14. The fourth-order valence-corrected chi connectivity index (χ4v) is 5.47. The molecule has 0 aromatic heterocycles. The van der Waals surface area contributed by atoms with Crippen molar-refractivity contribution >= 4 is 21.5 Å². The van der Waals surface area contributed by atoms with Crippen molar-refractivity contribution < 1.29 is 64.4 Å². The van der Waals surface area contributed by atoms with Gasteiger partial charge in [-0.2, -0.15) is 0 Å². The maximum atomic E-state index is 11.4. The molecule has 1 aromatic carbocycles. The van der Waals surface area contributed by atoms with Gasteiger partial charge in [0.15, 0.2) is 0 Å². The van der Waals surface area contributed by atoms with E-state index in [1.165, 1.54) is 115 Å². The van der Waals surface area contributed by atoms with Crippen molar-refractivity contribution in [3.63, 3.8) is 0 Å². The Balaban J connectivity index is 0.00000578. The summed E-state index contributed by atoms with van der Waals surface area (Å²) in [4.78, 5) is -0.159. The summed E-state index contributed by atoms with van der Waals surface area (Å²) in [5, 5.41) is 6.47. The number of rotatable bonds is 20. The zero-order valence-electron chi connectivity index (χ0n) is 21.9. The molecule has 0 saturated carbocycles. The molecule has 0 saturated heterocycles. The normalized spacial score (nSPS) is 14.8. The Morgan fingerprint density at radius 3 is 1.59 bits per heavy atom. The topological polar surface area (TPSA) is 81.3 Å². The molecule has 0 radical (unpaired) electrons. The third-order valence-corrected chi connectivity index (χ3v) is 7.67. The van der Waals surface area contributed by atoms with E-state index in [1.807, 2.05) is 6.07 Å². The molecule has 1 atom stereocenters. The summed E-state index contributed by atoms with van der Waals surface area (Å²) in [5.74, 6) is 0. The van der Waals surface area contributed by atoms with Crippen molar-refractivity contribution in [1.82, 2.24) is 0 Å². The van der Waals surface area contributed by atoms with Gasteiger partial charge in [0, 0.05) is 0 Å². The van der Waals surface area contributed by atoms with Gasteiger partial charge in [0.2, 0.25) is 0 Å². The number of hydrogen-bond donors (Lipinski definition) is 2. The number of unbranched alkanes of at least 4 members (excludes halogenated alkanes) is 17. The quantitative estimate of drug-likeness (QED) is 0.141. The second-order valence-corrected chi connectivity index (χ2v) is 11.1. The van der Waals surface area contributed by atoms with Gasteiger partial charge < -0.3 is 15.2 Å². The Morgan fingerprint density at radius 2 is 1.15 bits per heavy atom. The van der Waals surface area contributed by atoms with Crippen LogP contribution >= 0.6 is 0 Å². The fourth-order valence-electron chi connectivity index (χ4n) is 4.80. The Kier molecular flexibility index (Phi) is 18.6. The van der Waals surface area contributed by atoms with Crippen LogP contribution in [0.25, 0.3) is 0 Å². The zero-order chi connectivity index (χ0) is 23.8.